The van der Waals surface area contributed by atoms with Crippen molar-refractivity contribution < 1.29 is 9.21 Å². The van der Waals surface area contributed by atoms with Crippen molar-refractivity contribution in [1.29, 1.82) is 0 Å². The van der Waals surface area contributed by atoms with Crippen LogP contribution in [0.4, 0.5) is 0 Å². The highest BCUT2D eigenvalue weighted by molar-refractivity contribution is 5.94. The first-order chi connectivity index (χ1) is 13.3. The van der Waals surface area contributed by atoms with Crippen LogP contribution in [0.5, 0.6) is 0 Å². The first-order valence-corrected chi connectivity index (χ1v) is 8.86. The van der Waals surface area contributed by atoms with Crippen LogP contribution in [0.2, 0.25) is 0 Å². The minimum atomic E-state index is -0.00567. The number of carbonyl (C=O) groups excluding carboxylic acids is 1. The average molecular weight is 359 g/mol. The van der Waals surface area contributed by atoms with Gasteiger partial charge >= 0.3 is 0 Å². The summed E-state index contributed by atoms with van der Waals surface area (Å²) in [5.41, 5.74) is 3.46. The zero-order valence-corrected chi connectivity index (χ0v) is 14.5. The van der Waals surface area contributed by atoms with Gasteiger partial charge in [0.2, 0.25) is 0 Å². The second-order valence-corrected chi connectivity index (χ2v) is 6.68. The molecule has 0 saturated carbocycles. The van der Waals surface area contributed by atoms with Crippen molar-refractivity contribution in [2.45, 2.75) is 12.3 Å². The standard InChI is InChI=1S/C20H17N5O2/c26-20(17-6-9-27-13-17)24-8-5-16(11-24)19-22-18-4-3-15(12-25(18)23-19)14-2-1-7-21-10-14/h1-4,6-7,9-10,12-13,16H,5,8,11H2/t16-/m1/s1. The van der Waals surface area contributed by atoms with Crippen molar-refractivity contribution in [3.8, 4) is 11.1 Å². The minimum Gasteiger partial charge on any atom is -0.472 e. The second kappa shape index (κ2) is 6.35. The Morgan fingerprint density at radius 3 is 2.96 bits per heavy atom. The lowest BCUT2D eigenvalue weighted by Gasteiger charge is -2.14. The summed E-state index contributed by atoms with van der Waals surface area (Å²) in [7, 11) is 0. The van der Waals surface area contributed by atoms with Crippen molar-refractivity contribution >= 4 is 11.6 Å². The number of hydrogen-bond acceptors (Lipinski definition) is 5. The smallest absolute Gasteiger partial charge is 0.257 e. The quantitative estimate of drug-likeness (QED) is 0.562. The molecule has 5 heterocycles. The molecular weight excluding hydrogens is 342 g/mol. The molecule has 0 spiro atoms. The number of fused-ring (bicyclic) bond motifs is 1. The number of likely N-dealkylation sites (tertiary alicyclic amines) is 1. The summed E-state index contributed by atoms with van der Waals surface area (Å²) in [5.74, 6) is 0.914. The molecule has 0 N–H and O–H groups in total. The van der Waals surface area contributed by atoms with Crippen molar-refractivity contribution in [2.75, 3.05) is 13.1 Å². The summed E-state index contributed by atoms with van der Waals surface area (Å²) in [6, 6.07) is 9.61. The lowest BCUT2D eigenvalue weighted by atomic mass is 10.1. The van der Waals surface area contributed by atoms with E-state index in [1.54, 1.807) is 16.8 Å². The number of hydrogen-bond donors (Lipinski definition) is 0. The molecule has 0 aromatic carbocycles. The molecule has 1 aliphatic rings. The van der Waals surface area contributed by atoms with Crippen molar-refractivity contribution in [3.63, 3.8) is 0 Å². The maximum absolute atomic E-state index is 12.5. The maximum atomic E-state index is 12.5. The van der Waals surface area contributed by atoms with Crippen LogP contribution in [0.15, 0.2) is 65.9 Å². The largest absolute Gasteiger partial charge is 0.472 e. The van der Waals surface area contributed by atoms with Gasteiger partial charge in [-0.3, -0.25) is 9.78 Å². The molecule has 0 bridgehead atoms. The van der Waals surface area contributed by atoms with Gasteiger partial charge in [0, 0.05) is 48.7 Å². The number of amides is 1. The van der Waals surface area contributed by atoms with Crippen molar-refractivity contribution in [3.05, 3.63) is 72.8 Å². The predicted octanol–water partition coefficient (Wildman–Crippen LogP) is 3.01. The number of furan rings is 1. The van der Waals surface area contributed by atoms with E-state index >= 15 is 0 Å². The Hall–Kier alpha value is -3.48. The molecule has 7 nitrogen and oxygen atoms in total. The third kappa shape index (κ3) is 2.87. The van der Waals surface area contributed by atoms with E-state index in [9.17, 15) is 4.79 Å². The first-order valence-electron chi connectivity index (χ1n) is 8.86. The van der Waals surface area contributed by atoms with E-state index in [4.69, 9.17) is 4.42 Å². The molecule has 0 radical (unpaired) electrons. The first kappa shape index (κ1) is 15.7. The van der Waals surface area contributed by atoms with Gasteiger partial charge in [-0.15, -0.1) is 0 Å². The Balaban J connectivity index is 1.39. The second-order valence-electron chi connectivity index (χ2n) is 6.68. The molecule has 1 amide bonds. The summed E-state index contributed by atoms with van der Waals surface area (Å²) in [5, 5.41) is 4.67. The molecular formula is C20H17N5O2. The van der Waals surface area contributed by atoms with Gasteiger partial charge in [-0.25, -0.2) is 9.50 Å². The third-order valence-electron chi connectivity index (χ3n) is 4.95. The van der Waals surface area contributed by atoms with Gasteiger partial charge in [0.25, 0.3) is 5.91 Å². The molecule has 5 rings (SSSR count). The van der Waals surface area contributed by atoms with E-state index in [2.05, 4.69) is 15.1 Å². The Bertz CT molecular complexity index is 1090. The van der Waals surface area contributed by atoms with Crippen LogP contribution < -0.4 is 0 Å². The molecule has 0 aliphatic carbocycles. The monoisotopic (exact) mass is 359 g/mol. The molecule has 27 heavy (non-hydrogen) atoms. The van der Waals surface area contributed by atoms with E-state index < -0.39 is 0 Å². The SMILES string of the molecule is O=C(c1ccoc1)N1CC[C@@H](c2nc3ccc(-c4cccnc4)cn3n2)C1. The summed E-state index contributed by atoms with van der Waals surface area (Å²) in [6.45, 7) is 1.32. The molecule has 4 aromatic rings. The van der Waals surface area contributed by atoms with Crippen LogP contribution in [0.1, 0.15) is 28.5 Å². The van der Waals surface area contributed by atoms with Gasteiger partial charge in [0.1, 0.15) is 6.26 Å². The number of carbonyl (C=O) groups is 1. The van der Waals surface area contributed by atoms with Gasteiger partial charge < -0.3 is 9.32 Å². The molecule has 1 saturated heterocycles. The van der Waals surface area contributed by atoms with Gasteiger partial charge in [-0.1, -0.05) is 6.07 Å². The van der Waals surface area contributed by atoms with Gasteiger partial charge in [-0.2, -0.15) is 5.10 Å². The molecule has 0 unspecified atom stereocenters. The van der Waals surface area contributed by atoms with E-state index in [0.717, 1.165) is 29.0 Å². The van der Waals surface area contributed by atoms with Crippen LogP contribution >= 0.6 is 0 Å². The highest BCUT2D eigenvalue weighted by atomic mass is 16.3. The van der Waals surface area contributed by atoms with E-state index in [-0.39, 0.29) is 11.8 Å². The average Bonchev–Trinajstić information content (AvgIpc) is 3.47. The normalized spacial score (nSPS) is 16.9. The zero-order chi connectivity index (χ0) is 18.2. The van der Waals surface area contributed by atoms with Crippen LogP contribution in [-0.2, 0) is 0 Å². The number of nitrogens with zero attached hydrogens (tertiary/aromatic N) is 5. The Labute approximate surface area is 155 Å². The fourth-order valence-electron chi connectivity index (χ4n) is 3.50. The third-order valence-corrected chi connectivity index (χ3v) is 4.95. The molecule has 1 atom stereocenters. The molecule has 134 valence electrons. The van der Waals surface area contributed by atoms with Crippen molar-refractivity contribution in [1.82, 2.24) is 24.5 Å². The van der Waals surface area contributed by atoms with E-state index in [0.29, 0.717) is 18.7 Å². The summed E-state index contributed by atoms with van der Waals surface area (Å²) < 4.78 is 6.82. The summed E-state index contributed by atoms with van der Waals surface area (Å²) >= 11 is 0. The lowest BCUT2D eigenvalue weighted by Crippen LogP contribution is -2.28. The van der Waals surface area contributed by atoms with Crippen molar-refractivity contribution in [2.24, 2.45) is 0 Å². The highest BCUT2D eigenvalue weighted by Gasteiger charge is 2.30. The molecule has 1 aliphatic heterocycles. The highest BCUT2D eigenvalue weighted by Crippen LogP contribution is 2.27. The topological polar surface area (TPSA) is 76.5 Å². The van der Waals surface area contributed by atoms with Crippen LogP contribution in [0.25, 0.3) is 16.8 Å². The van der Waals surface area contributed by atoms with Gasteiger partial charge in [-0.05, 0) is 30.7 Å². The van der Waals surface area contributed by atoms with Crippen LogP contribution in [0, 0.1) is 0 Å². The lowest BCUT2D eigenvalue weighted by molar-refractivity contribution is 0.0790. The Morgan fingerprint density at radius 1 is 1.19 bits per heavy atom. The fraction of sp³-hybridized carbons (Fsp3) is 0.200. The maximum Gasteiger partial charge on any atom is 0.257 e. The Morgan fingerprint density at radius 2 is 2.15 bits per heavy atom. The zero-order valence-electron chi connectivity index (χ0n) is 14.5. The number of pyridine rings is 2. The fourth-order valence-corrected chi connectivity index (χ4v) is 3.50. The van der Waals surface area contributed by atoms with Gasteiger partial charge in [0.05, 0.1) is 11.8 Å². The summed E-state index contributed by atoms with van der Waals surface area (Å²) in [6.07, 6.45) is 9.41. The molecule has 4 aromatic heterocycles. The van der Waals surface area contributed by atoms with E-state index in [1.807, 2.05) is 41.6 Å². The molecule has 7 heteroatoms. The van der Waals surface area contributed by atoms with Gasteiger partial charge in [0.15, 0.2) is 11.5 Å². The van der Waals surface area contributed by atoms with Crippen LogP contribution in [0.3, 0.4) is 0 Å². The van der Waals surface area contributed by atoms with Crippen LogP contribution in [-0.4, -0.2) is 43.5 Å². The number of aromatic nitrogens is 4. The molecule has 1 fully saturated rings. The summed E-state index contributed by atoms with van der Waals surface area (Å²) in [4.78, 5) is 23.1. The Kier molecular flexibility index (Phi) is 3.71. The minimum absolute atomic E-state index is 0.00567. The number of rotatable bonds is 3. The predicted molar refractivity (Wildman–Crippen MR) is 98.2 cm³/mol. The van der Waals surface area contributed by atoms with E-state index in [1.165, 1.54) is 12.5 Å².